The number of carbonyl (C=O) groups excluding carboxylic acids is 1. The number of hydrogen-bond donors (Lipinski definition) is 2. The third kappa shape index (κ3) is 5.31. The quantitative estimate of drug-likeness (QED) is 0.793. The molecule has 0 radical (unpaired) electrons. The van der Waals surface area contributed by atoms with E-state index in [0.717, 1.165) is 5.56 Å². The van der Waals surface area contributed by atoms with E-state index in [1.165, 1.54) is 0 Å². The standard InChI is InChI=1S/C16H26N2O2/c1-4-18(12-16(2,3)20)15(19)14(11-17)10-13-8-6-5-7-9-13/h5-9,14,20H,4,10-12,17H2,1-3H3. The van der Waals surface area contributed by atoms with Crippen LogP contribution in [0.15, 0.2) is 30.3 Å². The Kier molecular flexibility index (Phi) is 6.17. The molecule has 0 saturated carbocycles. The second kappa shape index (κ2) is 7.41. The van der Waals surface area contributed by atoms with Crippen molar-refractivity contribution in [2.75, 3.05) is 19.6 Å². The molecule has 0 bridgehead atoms. The van der Waals surface area contributed by atoms with E-state index in [1.54, 1.807) is 18.7 Å². The van der Waals surface area contributed by atoms with Crippen molar-refractivity contribution in [3.8, 4) is 0 Å². The molecule has 1 atom stereocenters. The second-order valence-electron chi connectivity index (χ2n) is 5.79. The van der Waals surface area contributed by atoms with E-state index in [-0.39, 0.29) is 11.8 Å². The van der Waals surface area contributed by atoms with E-state index in [9.17, 15) is 9.90 Å². The van der Waals surface area contributed by atoms with Crippen LogP contribution in [-0.2, 0) is 11.2 Å². The van der Waals surface area contributed by atoms with E-state index in [4.69, 9.17) is 5.73 Å². The zero-order valence-electron chi connectivity index (χ0n) is 12.7. The zero-order chi connectivity index (χ0) is 15.2. The van der Waals surface area contributed by atoms with Gasteiger partial charge in [-0.3, -0.25) is 4.79 Å². The fourth-order valence-electron chi connectivity index (χ4n) is 2.24. The summed E-state index contributed by atoms with van der Waals surface area (Å²) in [7, 11) is 0. The Balaban J connectivity index is 2.74. The minimum absolute atomic E-state index is 0.0148. The Morgan fingerprint density at radius 1 is 1.35 bits per heavy atom. The molecule has 0 aliphatic rings. The van der Waals surface area contributed by atoms with Crippen LogP contribution in [0.4, 0.5) is 0 Å². The van der Waals surface area contributed by atoms with Crippen LogP contribution >= 0.6 is 0 Å². The molecule has 4 heteroatoms. The van der Waals surface area contributed by atoms with Crippen LogP contribution in [0.25, 0.3) is 0 Å². The number of amides is 1. The predicted molar refractivity (Wildman–Crippen MR) is 81.2 cm³/mol. The van der Waals surface area contributed by atoms with Crippen molar-refractivity contribution >= 4 is 5.91 Å². The maximum atomic E-state index is 12.5. The molecule has 0 aliphatic heterocycles. The lowest BCUT2D eigenvalue weighted by molar-refractivity contribution is -0.138. The minimum atomic E-state index is -0.891. The summed E-state index contributed by atoms with van der Waals surface area (Å²) in [5.41, 5.74) is 5.98. The SMILES string of the molecule is CCN(CC(C)(C)O)C(=O)C(CN)Cc1ccccc1. The van der Waals surface area contributed by atoms with Crippen LogP contribution in [0.2, 0.25) is 0 Å². The summed E-state index contributed by atoms with van der Waals surface area (Å²) in [5, 5.41) is 9.89. The molecular weight excluding hydrogens is 252 g/mol. The van der Waals surface area contributed by atoms with Crippen molar-refractivity contribution in [3.05, 3.63) is 35.9 Å². The van der Waals surface area contributed by atoms with E-state index in [2.05, 4.69) is 0 Å². The summed E-state index contributed by atoms with van der Waals surface area (Å²) >= 11 is 0. The number of carbonyl (C=O) groups is 1. The summed E-state index contributed by atoms with van der Waals surface area (Å²) in [6.45, 7) is 6.55. The highest BCUT2D eigenvalue weighted by Gasteiger charge is 2.26. The Labute approximate surface area is 121 Å². The van der Waals surface area contributed by atoms with Gasteiger partial charge >= 0.3 is 0 Å². The number of nitrogens with zero attached hydrogens (tertiary/aromatic N) is 1. The number of rotatable bonds is 7. The number of nitrogens with two attached hydrogens (primary N) is 1. The third-order valence-electron chi connectivity index (χ3n) is 3.23. The Hall–Kier alpha value is -1.39. The number of benzene rings is 1. The first-order valence-electron chi connectivity index (χ1n) is 7.12. The first kappa shape index (κ1) is 16.7. The van der Waals surface area contributed by atoms with Gasteiger partial charge in [-0.2, -0.15) is 0 Å². The van der Waals surface area contributed by atoms with Gasteiger partial charge in [-0.1, -0.05) is 30.3 Å². The molecule has 20 heavy (non-hydrogen) atoms. The number of likely N-dealkylation sites (N-methyl/N-ethyl adjacent to an activating group) is 1. The molecule has 1 amide bonds. The topological polar surface area (TPSA) is 66.6 Å². The van der Waals surface area contributed by atoms with Gasteiger partial charge in [-0.25, -0.2) is 0 Å². The molecule has 0 fully saturated rings. The molecule has 1 aromatic carbocycles. The Morgan fingerprint density at radius 2 is 1.95 bits per heavy atom. The van der Waals surface area contributed by atoms with Crippen molar-refractivity contribution in [2.45, 2.75) is 32.8 Å². The largest absolute Gasteiger partial charge is 0.389 e. The van der Waals surface area contributed by atoms with Crippen LogP contribution in [0.1, 0.15) is 26.3 Å². The van der Waals surface area contributed by atoms with E-state index < -0.39 is 5.60 Å². The third-order valence-corrected chi connectivity index (χ3v) is 3.23. The molecule has 112 valence electrons. The van der Waals surface area contributed by atoms with Gasteiger partial charge in [0.15, 0.2) is 0 Å². The summed E-state index contributed by atoms with van der Waals surface area (Å²) in [6, 6.07) is 9.88. The molecule has 1 unspecified atom stereocenters. The molecule has 0 saturated heterocycles. The first-order valence-corrected chi connectivity index (χ1v) is 7.12. The van der Waals surface area contributed by atoms with Gasteiger partial charge in [0.1, 0.15) is 0 Å². The normalized spacial score (nSPS) is 13.1. The average molecular weight is 278 g/mol. The molecule has 1 rings (SSSR count). The lowest BCUT2D eigenvalue weighted by Gasteiger charge is -2.31. The van der Waals surface area contributed by atoms with Crippen molar-refractivity contribution in [2.24, 2.45) is 11.7 Å². The smallest absolute Gasteiger partial charge is 0.227 e. The molecule has 0 aliphatic carbocycles. The van der Waals surface area contributed by atoms with Crippen molar-refractivity contribution in [1.29, 1.82) is 0 Å². The van der Waals surface area contributed by atoms with Gasteiger partial charge in [0.05, 0.1) is 11.5 Å². The first-order chi connectivity index (χ1) is 9.37. The fraction of sp³-hybridized carbons (Fsp3) is 0.562. The van der Waals surface area contributed by atoms with Gasteiger partial charge in [-0.15, -0.1) is 0 Å². The molecular formula is C16H26N2O2. The summed E-state index contributed by atoms with van der Waals surface area (Å²) in [5.74, 6) is -0.222. The molecule has 4 nitrogen and oxygen atoms in total. The van der Waals surface area contributed by atoms with Crippen LogP contribution in [0.5, 0.6) is 0 Å². The predicted octanol–water partition coefficient (Wildman–Crippen LogP) is 1.42. The summed E-state index contributed by atoms with van der Waals surface area (Å²) < 4.78 is 0. The number of aliphatic hydroxyl groups is 1. The van der Waals surface area contributed by atoms with Crippen LogP contribution in [0, 0.1) is 5.92 Å². The molecule has 3 N–H and O–H groups in total. The van der Waals surface area contributed by atoms with Crippen LogP contribution in [-0.4, -0.2) is 41.1 Å². The fourth-order valence-corrected chi connectivity index (χ4v) is 2.24. The number of hydrogen-bond acceptors (Lipinski definition) is 3. The lowest BCUT2D eigenvalue weighted by atomic mass is 9.97. The van der Waals surface area contributed by atoms with Crippen molar-refractivity contribution < 1.29 is 9.90 Å². The maximum Gasteiger partial charge on any atom is 0.227 e. The molecule has 0 spiro atoms. The van der Waals surface area contributed by atoms with Gasteiger partial charge < -0.3 is 15.7 Å². The summed E-state index contributed by atoms with van der Waals surface area (Å²) in [6.07, 6.45) is 0.637. The van der Waals surface area contributed by atoms with Gasteiger partial charge in [0.25, 0.3) is 0 Å². The minimum Gasteiger partial charge on any atom is -0.389 e. The highest BCUT2D eigenvalue weighted by Crippen LogP contribution is 2.13. The Morgan fingerprint density at radius 3 is 2.40 bits per heavy atom. The van der Waals surface area contributed by atoms with Gasteiger partial charge in [0, 0.05) is 19.6 Å². The highest BCUT2D eigenvalue weighted by atomic mass is 16.3. The monoisotopic (exact) mass is 278 g/mol. The Bertz CT molecular complexity index is 412. The van der Waals surface area contributed by atoms with Crippen LogP contribution < -0.4 is 5.73 Å². The maximum absolute atomic E-state index is 12.5. The van der Waals surface area contributed by atoms with Gasteiger partial charge in [-0.05, 0) is 32.8 Å². The zero-order valence-corrected chi connectivity index (χ0v) is 12.7. The van der Waals surface area contributed by atoms with Crippen LogP contribution in [0.3, 0.4) is 0 Å². The lowest BCUT2D eigenvalue weighted by Crippen LogP contribution is -2.46. The summed E-state index contributed by atoms with van der Waals surface area (Å²) in [4.78, 5) is 14.2. The molecule has 0 heterocycles. The van der Waals surface area contributed by atoms with Crippen molar-refractivity contribution in [1.82, 2.24) is 4.90 Å². The highest BCUT2D eigenvalue weighted by molar-refractivity contribution is 5.79. The average Bonchev–Trinajstić information content (AvgIpc) is 2.41. The second-order valence-corrected chi connectivity index (χ2v) is 5.79. The van der Waals surface area contributed by atoms with E-state index in [1.807, 2.05) is 37.3 Å². The van der Waals surface area contributed by atoms with Crippen molar-refractivity contribution in [3.63, 3.8) is 0 Å². The van der Waals surface area contributed by atoms with E-state index in [0.29, 0.717) is 26.1 Å². The molecule has 0 aromatic heterocycles. The van der Waals surface area contributed by atoms with Gasteiger partial charge in [0.2, 0.25) is 5.91 Å². The molecule has 1 aromatic rings. The van der Waals surface area contributed by atoms with E-state index >= 15 is 0 Å².